The zero-order valence-electron chi connectivity index (χ0n) is 16.3. The fraction of sp³-hybridized carbons (Fsp3) is 0.619. The molecule has 3 fully saturated rings. The average Bonchev–Trinajstić information content (AvgIpc) is 3.14. The molecule has 0 unspecified atom stereocenters. The van der Waals surface area contributed by atoms with Crippen LogP contribution in [0, 0.1) is 0 Å². The van der Waals surface area contributed by atoms with E-state index in [4.69, 9.17) is 4.74 Å². The monoisotopic (exact) mass is 387 g/mol. The number of rotatable bonds is 5. The molecule has 1 spiro atoms. The molecule has 2 aliphatic heterocycles. The molecule has 0 radical (unpaired) electrons. The Bertz CT molecular complexity index is 714. The van der Waals surface area contributed by atoms with Crippen LogP contribution in [0.4, 0.5) is 4.79 Å². The number of hydrogen-bond acceptors (Lipinski definition) is 4. The van der Waals surface area contributed by atoms with Gasteiger partial charge in [-0.2, -0.15) is 0 Å². The quantitative estimate of drug-likeness (QED) is 0.799. The van der Waals surface area contributed by atoms with Crippen LogP contribution in [-0.2, 0) is 9.53 Å². The molecular weight excluding hydrogens is 358 g/mol. The molecular formula is C21H29N3O4. The van der Waals surface area contributed by atoms with Crippen molar-refractivity contribution in [2.24, 2.45) is 0 Å². The molecule has 2 atom stereocenters. The highest BCUT2D eigenvalue weighted by Crippen LogP contribution is 2.53. The van der Waals surface area contributed by atoms with Crippen LogP contribution in [0.3, 0.4) is 0 Å². The highest BCUT2D eigenvalue weighted by molar-refractivity contribution is 5.83. The molecule has 1 aliphatic carbocycles. The number of aliphatic hydroxyl groups is 1. The van der Waals surface area contributed by atoms with Gasteiger partial charge in [0.1, 0.15) is 6.61 Å². The maximum Gasteiger partial charge on any atom is 0.317 e. The van der Waals surface area contributed by atoms with Gasteiger partial charge >= 0.3 is 6.03 Å². The fourth-order valence-electron chi connectivity index (χ4n) is 5.35. The number of ether oxygens (including phenoxy) is 1. The molecule has 2 N–H and O–H groups in total. The lowest BCUT2D eigenvalue weighted by Gasteiger charge is -2.70. The van der Waals surface area contributed by atoms with Gasteiger partial charge in [0.15, 0.2) is 0 Å². The molecule has 2 saturated heterocycles. The van der Waals surface area contributed by atoms with E-state index in [1.165, 1.54) is 20.0 Å². The summed E-state index contributed by atoms with van der Waals surface area (Å²) in [4.78, 5) is 28.9. The largest absolute Gasteiger partial charge is 0.394 e. The van der Waals surface area contributed by atoms with Gasteiger partial charge in [-0.05, 0) is 18.4 Å². The summed E-state index contributed by atoms with van der Waals surface area (Å²) in [6, 6.07) is 9.91. The Morgan fingerprint density at radius 2 is 1.89 bits per heavy atom. The third-order valence-corrected chi connectivity index (χ3v) is 6.56. The highest BCUT2D eigenvalue weighted by Gasteiger charge is 2.68. The number of nitrogens with one attached hydrogen (secondary N) is 1. The number of carbonyl (C=O) groups excluding carboxylic acids is 2. The number of amides is 3. The van der Waals surface area contributed by atoms with Gasteiger partial charge < -0.3 is 25.0 Å². The van der Waals surface area contributed by atoms with Crippen LogP contribution in [0.15, 0.2) is 30.3 Å². The van der Waals surface area contributed by atoms with Gasteiger partial charge in [0, 0.05) is 32.2 Å². The molecule has 0 aromatic heterocycles. The van der Waals surface area contributed by atoms with Gasteiger partial charge in [-0.15, -0.1) is 0 Å². The van der Waals surface area contributed by atoms with Crippen molar-refractivity contribution < 1.29 is 19.4 Å². The number of methoxy groups -OCH3 is 1. The Kier molecular flexibility index (Phi) is 5.29. The lowest BCUT2D eigenvalue weighted by molar-refractivity contribution is -0.196. The molecule has 2 heterocycles. The van der Waals surface area contributed by atoms with Crippen LogP contribution in [0.2, 0.25) is 0 Å². The lowest BCUT2D eigenvalue weighted by Crippen LogP contribution is -2.86. The van der Waals surface area contributed by atoms with Crippen molar-refractivity contribution in [3.05, 3.63) is 35.9 Å². The summed E-state index contributed by atoms with van der Waals surface area (Å²) in [6.07, 6.45) is 4.43. The van der Waals surface area contributed by atoms with E-state index in [2.05, 4.69) is 5.32 Å². The van der Waals surface area contributed by atoms with E-state index in [9.17, 15) is 14.7 Å². The molecule has 28 heavy (non-hydrogen) atoms. The number of aliphatic hydroxyl groups excluding tert-OH is 1. The molecule has 3 aliphatic rings. The van der Waals surface area contributed by atoms with Crippen molar-refractivity contribution in [1.29, 1.82) is 0 Å². The van der Waals surface area contributed by atoms with Crippen molar-refractivity contribution in [2.45, 2.75) is 49.2 Å². The fourth-order valence-corrected chi connectivity index (χ4v) is 5.35. The Balaban J connectivity index is 1.53. The summed E-state index contributed by atoms with van der Waals surface area (Å²) in [6.45, 7) is 0.840. The Hall–Kier alpha value is -2.12. The van der Waals surface area contributed by atoms with Crippen LogP contribution in [0.5, 0.6) is 0 Å². The maximum atomic E-state index is 12.7. The Morgan fingerprint density at radius 1 is 1.21 bits per heavy atom. The smallest absolute Gasteiger partial charge is 0.317 e. The predicted octanol–water partition coefficient (Wildman–Crippen LogP) is 1.33. The number of nitrogens with zero attached hydrogens (tertiary/aromatic N) is 2. The number of urea groups is 1. The van der Waals surface area contributed by atoms with E-state index in [1.807, 2.05) is 30.3 Å². The van der Waals surface area contributed by atoms with Crippen molar-refractivity contribution in [1.82, 2.24) is 15.1 Å². The second-order valence-electron chi connectivity index (χ2n) is 8.23. The van der Waals surface area contributed by atoms with Crippen LogP contribution in [0.1, 0.15) is 37.2 Å². The van der Waals surface area contributed by atoms with Gasteiger partial charge in [-0.3, -0.25) is 4.79 Å². The molecule has 1 aromatic carbocycles. The predicted molar refractivity (Wildman–Crippen MR) is 104 cm³/mol. The van der Waals surface area contributed by atoms with Gasteiger partial charge in [-0.1, -0.05) is 43.2 Å². The van der Waals surface area contributed by atoms with E-state index in [0.717, 1.165) is 18.4 Å². The van der Waals surface area contributed by atoms with Crippen LogP contribution < -0.4 is 5.32 Å². The minimum atomic E-state index is -0.461. The molecule has 7 nitrogen and oxygen atoms in total. The Labute approximate surface area is 165 Å². The van der Waals surface area contributed by atoms with Gasteiger partial charge in [0.05, 0.1) is 18.2 Å². The SMILES string of the molecule is COCC(=O)N1[C@H](CO)[C@@H](c2ccccc2)C12CN(C(=O)NC1CCCC1)C2. The van der Waals surface area contributed by atoms with Crippen molar-refractivity contribution in [3.63, 3.8) is 0 Å². The first kappa shape index (κ1) is 19.2. The standard InChI is InChI=1S/C21H29N3O4/c1-28-12-18(26)24-17(11-25)19(15-7-3-2-4-8-15)21(24)13-23(14-21)20(27)22-16-9-5-6-10-16/h2-4,7-8,16-17,19,25H,5-6,9-14H2,1H3,(H,22,27)/t17-,19-/m1/s1. The van der Waals surface area contributed by atoms with Crippen LogP contribution in [0.25, 0.3) is 0 Å². The zero-order valence-corrected chi connectivity index (χ0v) is 16.3. The summed E-state index contributed by atoms with van der Waals surface area (Å²) in [5.41, 5.74) is 0.635. The molecule has 3 amide bonds. The van der Waals surface area contributed by atoms with E-state index in [0.29, 0.717) is 13.1 Å². The molecule has 0 bridgehead atoms. The molecule has 1 aromatic rings. The molecule has 1 saturated carbocycles. The number of carbonyl (C=O) groups is 2. The highest BCUT2D eigenvalue weighted by atomic mass is 16.5. The first-order valence-corrected chi connectivity index (χ1v) is 10.1. The van der Waals surface area contributed by atoms with E-state index in [-0.39, 0.29) is 43.2 Å². The molecule has 152 valence electrons. The second-order valence-corrected chi connectivity index (χ2v) is 8.23. The summed E-state index contributed by atoms with van der Waals surface area (Å²) < 4.78 is 5.05. The number of likely N-dealkylation sites (tertiary alicyclic amines) is 2. The van der Waals surface area contributed by atoms with Gasteiger partial charge in [-0.25, -0.2) is 4.79 Å². The minimum absolute atomic E-state index is 0.00929. The van der Waals surface area contributed by atoms with E-state index >= 15 is 0 Å². The van der Waals surface area contributed by atoms with E-state index in [1.54, 1.807) is 9.80 Å². The third-order valence-electron chi connectivity index (χ3n) is 6.56. The lowest BCUT2D eigenvalue weighted by atomic mass is 9.60. The summed E-state index contributed by atoms with van der Waals surface area (Å²) in [5, 5.41) is 13.1. The van der Waals surface area contributed by atoms with Crippen molar-refractivity contribution in [3.8, 4) is 0 Å². The average molecular weight is 387 g/mol. The summed E-state index contributed by atoms with van der Waals surface area (Å²) in [5.74, 6) is -0.125. The number of hydrogen-bond donors (Lipinski definition) is 2. The molecule has 7 heteroatoms. The topological polar surface area (TPSA) is 82.1 Å². The van der Waals surface area contributed by atoms with E-state index < -0.39 is 5.54 Å². The third kappa shape index (κ3) is 3.06. The Morgan fingerprint density at radius 3 is 2.50 bits per heavy atom. The zero-order chi connectivity index (χ0) is 19.7. The summed E-state index contributed by atoms with van der Waals surface area (Å²) in [7, 11) is 1.50. The van der Waals surface area contributed by atoms with Gasteiger partial charge in [0.2, 0.25) is 5.91 Å². The second kappa shape index (κ2) is 7.72. The molecule has 4 rings (SSSR count). The van der Waals surface area contributed by atoms with Crippen LogP contribution >= 0.6 is 0 Å². The first-order chi connectivity index (χ1) is 13.6. The normalized spacial score (nSPS) is 26.1. The summed E-state index contributed by atoms with van der Waals surface area (Å²) >= 11 is 0. The van der Waals surface area contributed by atoms with Crippen molar-refractivity contribution >= 4 is 11.9 Å². The minimum Gasteiger partial charge on any atom is -0.394 e. The number of benzene rings is 1. The maximum absolute atomic E-state index is 12.7. The van der Waals surface area contributed by atoms with Crippen molar-refractivity contribution in [2.75, 3.05) is 33.4 Å². The van der Waals surface area contributed by atoms with Crippen LogP contribution in [-0.4, -0.2) is 77.9 Å². The van der Waals surface area contributed by atoms with Gasteiger partial charge in [0.25, 0.3) is 0 Å². The first-order valence-electron chi connectivity index (χ1n) is 10.1.